The summed E-state index contributed by atoms with van der Waals surface area (Å²) in [5.41, 5.74) is 1.25. The summed E-state index contributed by atoms with van der Waals surface area (Å²) in [5, 5.41) is 0. The maximum atomic E-state index is 12.3. The lowest BCUT2D eigenvalue weighted by molar-refractivity contribution is 0.0517. The van der Waals surface area contributed by atoms with E-state index in [0.717, 1.165) is 5.56 Å². The molecule has 0 aromatic heterocycles. The lowest BCUT2D eigenvalue weighted by Gasteiger charge is -2.10. The first-order valence-corrected chi connectivity index (χ1v) is 6.67. The molecule has 0 bridgehead atoms. The van der Waals surface area contributed by atoms with Crippen LogP contribution in [0.1, 0.15) is 33.2 Å². The van der Waals surface area contributed by atoms with Gasteiger partial charge in [0.05, 0.1) is 17.7 Å². The predicted molar refractivity (Wildman–Crippen MR) is 78.5 cm³/mol. The van der Waals surface area contributed by atoms with Crippen molar-refractivity contribution in [1.82, 2.24) is 0 Å². The fourth-order valence-electron chi connectivity index (χ4n) is 1.87. The summed E-state index contributed by atoms with van der Waals surface area (Å²) in [5.74, 6) is -0.635. The number of esters is 2. The maximum absolute atomic E-state index is 12.3. The van der Waals surface area contributed by atoms with Gasteiger partial charge in [0, 0.05) is 0 Å². The zero-order valence-electron chi connectivity index (χ0n) is 12.0. The molecule has 0 amide bonds. The highest BCUT2D eigenvalue weighted by molar-refractivity contribution is 6.03. The van der Waals surface area contributed by atoms with Gasteiger partial charge in [-0.05, 0) is 37.6 Å². The number of aryl methyl sites for hydroxylation is 1. The van der Waals surface area contributed by atoms with E-state index < -0.39 is 11.9 Å². The van der Waals surface area contributed by atoms with Crippen molar-refractivity contribution in [2.75, 3.05) is 6.61 Å². The van der Waals surface area contributed by atoms with Gasteiger partial charge >= 0.3 is 11.9 Å². The molecule has 0 radical (unpaired) electrons. The molecule has 0 aliphatic rings. The van der Waals surface area contributed by atoms with Crippen LogP contribution in [0.3, 0.4) is 0 Å². The zero-order valence-corrected chi connectivity index (χ0v) is 12.0. The standard InChI is InChI=1S/C17H16O4/c1-3-20-16(18)13-9-5-6-10-14(13)17(19)21-15-11-7-4-8-12(15)2/h4-11H,3H2,1-2H3. The maximum Gasteiger partial charge on any atom is 0.344 e. The first-order valence-electron chi connectivity index (χ1n) is 6.67. The van der Waals surface area contributed by atoms with Crippen LogP contribution >= 0.6 is 0 Å². The Labute approximate surface area is 123 Å². The monoisotopic (exact) mass is 284 g/mol. The number of carbonyl (C=O) groups is 2. The third-order valence-electron chi connectivity index (χ3n) is 2.94. The van der Waals surface area contributed by atoms with Crippen LogP contribution in [0.5, 0.6) is 5.75 Å². The molecule has 0 aliphatic heterocycles. The topological polar surface area (TPSA) is 52.6 Å². The molecular formula is C17H16O4. The predicted octanol–water partition coefficient (Wildman–Crippen LogP) is 3.39. The van der Waals surface area contributed by atoms with Crippen LogP contribution in [-0.4, -0.2) is 18.5 Å². The van der Waals surface area contributed by atoms with E-state index in [1.165, 1.54) is 0 Å². The number of benzene rings is 2. The lowest BCUT2D eigenvalue weighted by Crippen LogP contribution is -2.16. The van der Waals surface area contributed by atoms with E-state index in [1.54, 1.807) is 43.3 Å². The van der Waals surface area contributed by atoms with Crippen LogP contribution in [-0.2, 0) is 4.74 Å². The molecule has 4 nitrogen and oxygen atoms in total. The number of para-hydroxylation sites is 1. The molecule has 2 aromatic rings. The zero-order chi connectivity index (χ0) is 15.2. The third kappa shape index (κ3) is 3.48. The van der Waals surface area contributed by atoms with Gasteiger partial charge in [-0.3, -0.25) is 0 Å². The molecule has 0 spiro atoms. The molecule has 0 heterocycles. The molecule has 0 saturated heterocycles. The Balaban J connectivity index is 2.28. The Kier molecular flexibility index (Phi) is 4.72. The van der Waals surface area contributed by atoms with Crippen LogP contribution in [0.15, 0.2) is 48.5 Å². The molecule has 0 unspecified atom stereocenters. The number of hydrogen-bond donors (Lipinski definition) is 0. The second kappa shape index (κ2) is 6.70. The summed E-state index contributed by atoms with van der Waals surface area (Å²) < 4.78 is 10.3. The minimum absolute atomic E-state index is 0.194. The number of hydrogen-bond acceptors (Lipinski definition) is 4. The van der Waals surface area contributed by atoms with Gasteiger partial charge < -0.3 is 9.47 Å². The fraction of sp³-hybridized carbons (Fsp3) is 0.176. The van der Waals surface area contributed by atoms with E-state index in [-0.39, 0.29) is 17.7 Å². The molecule has 0 atom stereocenters. The third-order valence-corrected chi connectivity index (χ3v) is 2.94. The van der Waals surface area contributed by atoms with Crippen LogP contribution in [0.25, 0.3) is 0 Å². The van der Waals surface area contributed by atoms with Crippen molar-refractivity contribution in [2.45, 2.75) is 13.8 Å². The first-order chi connectivity index (χ1) is 10.1. The quantitative estimate of drug-likeness (QED) is 0.638. The summed E-state index contributed by atoms with van der Waals surface area (Å²) in [4.78, 5) is 24.1. The number of carbonyl (C=O) groups excluding carboxylic acids is 2. The van der Waals surface area contributed by atoms with Crippen LogP contribution in [0.4, 0.5) is 0 Å². The highest BCUT2D eigenvalue weighted by atomic mass is 16.5. The SMILES string of the molecule is CCOC(=O)c1ccccc1C(=O)Oc1ccccc1C. The Morgan fingerprint density at radius 1 is 0.905 bits per heavy atom. The minimum atomic E-state index is -0.576. The molecule has 0 saturated carbocycles. The van der Waals surface area contributed by atoms with Crippen molar-refractivity contribution >= 4 is 11.9 Å². The lowest BCUT2D eigenvalue weighted by atomic mass is 10.1. The van der Waals surface area contributed by atoms with E-state index in [1.807, 2.05) is 19.1 Å². The average molecular weight is 284 g/mol. The second-order valence-corrected chi connectivity index (χ2v) is 4.42. The van der Waals surface area contributed by atoms with Crippen molar-refractivity contribution in [2.24, 2.45) is 0 Å². The van der Waals surface area contributed by atoms with Gasteiger partial charge in [-0.2, -0.15) is 0 Å². The van der Waals surface area contributed by atoms with Crippen LogP contribution < -0.4 is 4.74 Å². The van der Waals surface area contributed by atoms with Gasteiger partial charge in [0.15, 0.2) is 0 Å². The van der Waals surface area contributed by atoms with Crippen molar-refractivity contribution < 1.29 is 19.1 Å². The molecule has 2 aromatic carbocycles. The smallest absolute Gasteiger partial charge is 0.344 e. The molecular weight excluding hydrogens is 268 g/mol. The number of rotatable bonds is 4. The summed E-state index contributed by atoms with van der Waals surface area (Å²) in [6, 6.07) is 13.7. The summed E-state index contributed by atoms with van der Waals surface area (Å²) in [6.07, 6.45) is 0. The van der Waals surface area contributed by atoms with Crippen molar-refractivity contribution in [3.8, 4) is 5.75 Å². The Hall–Kier alpha value is -2.62. The van der Waals surface area contributed by atoms with Gasteiger partial charge in [-0.1, -0.05) is 30.3 Å². The van der Waals surface area contributed by atoms with E-state index in [2.05, 4.69) is 0 Å². The van der Waals surface area contributed by atoms with Crippen molar-refractivity contribution in [3.63, 3.8) is 0 Å². The second-order valence-electron chi connectivity index (χ2n) is 4.42. The fourth-order valence-corrected chi connectivity index (χ4v) is 1.87. The molecule has 108 valence electrons. The Bertz CT molecular complexity index is 661. The minimum Gasteiger partial charge on any atom is -0.462 e. The van der Waals surface area contributed by atoms with E-state index in [4.69, 9.17) is 9.47 Å². The highest BCUT2D eigenvalue weighted by Crippen LogP contribution is 2.19. The van der Waals surface area contributed by atoms with Gasteiger partial charge in [0.25, 0.3) is 0 Å². The van der Waals surface area contributed by atoms with Crippen LogP contribution in [0.2, 0.25) is 0 Å². The van der Waals surface area contributed by atoms with E-state index in [9.17, 15) is 9.59 Å². The summed E-state index contributed by atoms with van der Waals surface area (Å²) >= 11 is 0. The van der Waals surface area contributed by atoms with Gasteiger partial charge in [0.1, 0.15) is 5.75 Å². The molecule has 0 aliphatic carbocycles. The van der Waals surface area contributed by atoms with Crippen molar-refractivity contribution in [3.05, 3.63) is 65.2 Å². The first kappa shape index (κ1) is 14.8. The molecule has 4 heteroatoms. The Morgan fingerprint density at radius 2 is 1.48 bits per heavy atom. The van der Waals surface area contributed by atoms with E-state index in [0.29, 0.717) is 5.75 Å². The largest absolute Gasteiger partial charge is 0.462 e. The molecule has 21 heavy (non-hydrogen) atoms. The number of ether oxygens (including phenoxy) is 2. The summed E-state index contributed by atoms with van der Waals surface area (Å²) in [6.45, 7) is 3.81. The molecule has 0 N–H and O–H groups in total. The van der Waals surface area contributed by atoms with Gasteiger partial charge in [-0.25, -0.2) is 9.59 Å². The average Bonchev–Trinajstić information content (AvgIpc) is 2.50. The molecule has 0 fully saturated rings. The normalized spacial score (nSPS) is 10.0. The van der Waals surface area contributed by atoms with E-state index >= 15 is 0 Å². The molecule has 2 rings (SSSR count). The van der Waals surface area contributed by atoms with Crippen molar-refractivity contribution in [1.29, 1.82) is 0 Å². The van der Waals surface area contributed by atoms with Gasteiger partial charge in [0.2, 0.25) is 0 Å². The summed E-state index contributed by atoms with van der Waals surface area (Å²) in [7, 11) is 0. The van der Waals surface area contributed by atoms with Crippen LogP contribution in [0, 0.1) is 6.92 Å². The van der Waals surface area contributed by atoms with Gasteiger partial charge in [-0.15, -0.1) is 0 Å². The highest BCUT2D eigenvalue weighted by Gasteiger charge is 2.19. The Morgan fingerprint density at radius 3 is 2.10 bits per heavy atom.